The van der Waals surface area contributed by atoms with Gasteiger partial charge in [0.15, 0.2) is 0 Å². The second-order valence-electron chi connectivity index (χ2n) is 34.3. The largest absolute Gasteiger partial charge is 0.508 e. The monoisotopic (exact) mass is 1820 g/mol. The molecule has 3 aliphatic rings. The third kappa shape index (κ3) is 28.1. The molecule has 35 nitrogen and oxygen atoms in total. The number of hydrogen-bond acceptors (Lipinski definition) is 19. The lowest BCUT2D eigenvalue weighted by atomic mass is 9.98. The van der Waals surface area contributed by atoms with Crippen molar-refractivity contribution in [2.75, 3.05) is 58.8 Å². The van der Waals surface area contributed by atoms with Crippen LogP contribution in [0, 0.1) is 24.6 Å². The predicted octanol–water partition coefficient (Wildman–Crippen LogP) is 2.24. The summed E-state index contributed by atoms with van der Waals surface area (Å²) in [5.41, 5.74) is 15.6. The first-order valence-electron chi connectivity index (χ1n) is 44.0. The third-order valence-corrected chi connectivity index (χ3v) is 24.7. The molecule has 130 heavy (non-hydrogen) atoms. The number of benzene rings is 5. The lowest BCUT2D eigenvalue weighted by Crippen LogP contribution is -2.62. The number of thioether (sulfide) groups is 1. The van der Waals surface area contributed by atoms with Gasteiger partial charge < -0.3 is 99.0 Å². The highest BCUT2D eigenvalue weighted by Gasteiger charge is 2.46. The van der Waals surface area contributed by atoms with E-state index in [4.69, 9.17) is 11.5 Å². The number of aromatic nitrogens is 1. The van der Waals surface area contributed by atoms with E-state index in [-0.39, 0.29) is 108 Å². The molecule has 0 unspecified atom stereocenters. The molecular weight excluding hydrogens is 1690 g/mol. The van der Waals surface area contributed by atoms with Gasteiger partial charge in [0.05, 0.1) is 18.7 Å². The van der Waals surface area contributed by atoms with Crippen LogP contribution < -0.4 is 59.3 Å². The van der Waals surface area contributed by atoms with Gasteiger partial charge in [0.2, 0.25) is 88.6 Å². The molecular formula is C93H122FN17O18S. The van der Waals surface area contributed by atoms with Crippen molar-refractivity contribution >= 4 is 117 Å². The van der Waals surface area contributed by atoms with Crippen LogP contribution in [0.2, 0.25) is 0 Å². The smallest absolute Gasteiger partial charge is 0.305 e. The Bertz CT molecular complexity index is 5010. The lowest BCUT2D eigenvalue weighted by molar-refractivity contribution is -0.152. The van der Waals surface area contributed by atoms with Crippen molar-refractivity contribution in [2.24, 2.45) is 23.3 Å². The summed E-state index contributed by atoms with van der Waals surface area (Å²) in [4.78, 5) is 246. The highest BCUT2D eigenvalue weighted by atomic mass is 32.2. The zero-order valence-electron chi connectivity index (χ0n) is 74.8. The number of fused-ring (bicyclic) bond motifs is 3. The maximum absolute atomic E-state index is 15.7. The van der Waals surface area contributed by atoms with Gasteiger partial charge in [-0.3, -0.25) is 76.7 Å². The molecule has 700 valence electrons. The number of aromatic hydroxyl groups is 1. The van der Waals surface area contributed by atoms with E-state index in [0.717, 1.165) is 39.3 Å². The number of likely N-dealkylation sites (N-methyl/N-ethyl adjacent to an activating group) is 3. The van der Waals surface area contributed by atoms with E-state index >= 15 is 47.9 Å². The Balaban J connectivity index is 1.12. The SMILES string of the molecule is CCCC[C@H]1C(=O)N2CCC[C@@H]2C(=O)N[C@@H](CC(=O)O)C(=O)N[C@@H](C(C)C)C(=O)N(C)[C@H](Cc2ccc(C)cc2)C(=O)N[C@@H](CCN)C(=O)N2CCC[C@@H]2C(=O)N[C@@H](Cc2c[nH]c3ccccc23)C(=O)N[C@@H](Cc2ccc(O)cc2)C(=O)N[C@H](CC(C)C)C(=O)N[C@H](C(=O)NCC(N)=O)CSCC(=O)N[C@H](Cc2ccc(F)cc2)C(=O)N(C)[C@@H](Cc2ccccc2)C(=O)N1C. The number of carbonyl (C=O) groups excluding carboxylic acids is 15. The Morgan fingerprint density at radius 3 is 1.65 bits per heavy atom. The number of carbonyl (C=O) groups is 16. The summed E-state index contributed by atoms with van der Waals surface area (Å²) in [5.74, 6) is -17.6. The molecule has 6 aromatic rings. The fraction of sp³-hybridized carbons (Fsp3) is 0.484. The Morgan fingerprint density at radius 1 is 0.531 bits per heavy atom. The minimum atomic E-state index is -1.89. The number of rotatable bonds is 23. The Labute approximate surface area is 759 Å². The molecule has 5 aromatic carbocycles. The fourth-order valence-electron chi connectivity index (χ4n) is 16.4. The maximum atomic E-state index is 15.7. The Hall–Kier alpha value is -12.8. The number of unbranched alkanes of at least 4 members (excludes halogenated alkanes) is 1. The van der Waals surface area contributed by atoms with Gasteiger partial charge in [0.1, 0.15) is 90.1 Å². The standard InChI is InChI=1S/C93H122FN17O18S/c1-10-11-23-74-92(128)111-41-18-25-73(111)87(123)104-69(48-79(115)116)85(121)106-80(54(4)5)93(129)108(8)75(45-59-28-26-55(6)27-29-59)88(124)100-65(38-39-95)90(126)110-40-17-24-72(110)86(122)103-68(47-60-49-97-64-22-16-15-21-63(60)64)84(120)102-67(43-58-32-36-62(112)37-33-58)83(119)101-66(42-53(2)3)82(118)105-71(81(117)98-50-77(96)113)51-130-52-78(114)99-70(44-57-30-34-61(94)35-31-57)89(125)109(9)76(91(127)107(74)7)46-56-19-13-12-14-20-56/h12-16,19-22,26-37,49,53-54,65-76,80,97,112H,10-11,17-18,23-25,38-48,50-52,95H2,1-9H3,(H2,96,113)(H,98,117)(H,99,114)(H,100,124)(H,101,119)(H,102,120)(H,103,122)(H,104,123)(H,105,118)(H,106,121)(H,115,116)/t65-,66+,67-,68-,69-,70+,71-,72+,73+,74-,75+,76-,80-/m0/s1. The van der Waals surface area contributed by atoms with Gasteiger partial charge in [0.25, 0.3) is 0 Å². The number of carboxylic acid groups (broad SMARTS) is 1. The van der Waals surface area contributed by atoms with E-state index in [2.05, 4.69) is 52.8 Å². The number of primary amides is 1. The Kier molecular flexibility index (Phi) is 37.3. The van der Waals surface area contributed by atoms with Gasteiger partial charge in [-0.05, 0) is 128 Å². The second-order valence-corrected chi connectivity index (χ2v) is 35.3. The van der Waals surface area contributed by atoms with Crippen LogP contribution in [0.25, 0.3) is 10.9 Å². The molecule has 4 heterocycles. The summed E-state index contributed by atoms with van der Waals surface area (Å²) in [5, 5.41) is 45.7. The number of aliphatic carboxylic acids is 1. The first-order chi connectivity index (χ1) is 61.9. The number of phenols is 1. The van der Waals surface area contributed by atoms with Crippen molar-refractivity contribution in [3.8, 4) is 5.75 Å². The zero-order valence-corrected chi connectivity index (χ0v) is 75.6. The van der Waals surface area contributed by atoms with E-state index < -0.39 is 209 Å². The highest BCUT2D eigenvalue weighted by Crippen LogP contribution is 2.28. The normalized spacial score (nSPS) is 23.9. The van der Waals surface area contributed by atoms with E-state index in [1.165, 1.54) is 72.2 Å². The molecule has 9 rings (SSSR count). The van der Waals surface area contributed by atoms with E-state index in [1.54, 1.807) is 113 Å². The number of halogens is 1. The number of amides is 15. The fourth-order valence-corrected chi connectivity index (χ4v) is 17.2. The van der Waals surface area contributed by atoms with Crippen LogP contribution in [-0.4, -0.2) is 272 Å². The van der Waals surface area contributed by atoms with Gasteiger partial charge >= 0.3 is 5.97 Å². The van der Waals surface area contributed by atoms with Crippen LogP contribution in [0.1, 0.15) is 132 Å². The van der Waals surface area contributed by atoms with Crippen LogP contribution in [-0.2, 0) is 109 Å². The topological polar surface area (TPSA) is 506 Å². The van der Waals surface area contributed by atoms with Crippen LogP contribution in [0.15, 0.2) is 134 Å². The van der Waals surface area contributed by atoms with Crippen LogP contribution in [0.5, 0.6) is 5.75 Å². The highest BCUT2D eigenvalue weighted by molar-refractivity contribution is 8.00. The molecule has 37 heteroatoms. The number of nitrogens with one attached hydrogen (secondary N) is 10. The van der Waals surface area contributed by atoms with Crippen molar-refractivity contribution < 1.29 is 91.3 Å². The molecule has 0 aliphatic carbocycles. The van der Waals surface area contributed by atoms with Crippen LogP contribution in [0.3, 0.4) is 0 Å². The molecule has 13 atom stereocenters. The molecule has 1 aromatic heterocycles. The average molecular weight is 1820 g/mol. The number of nitrogens with zero attached hydrogens (tertiary/aromatic N) is 5. The summed E-state index contributed by atoms with van der Waals surface area (Å²) in [6.45, 7) is 9.41. The van der Waals surface area contributed by atoms with E-state index in [0.29, 0.717) is 51.6 Å². The minimum Gasteiger partial charge on any atom is -0.508 e. The number of nitrogens with two attached hydrogens (primary N) is 2. The molecule has 3 aliphatic heterocycles. The average Bonchev–Trinajstić information content (AvgIpc) is 1.42. The number of aromatic amines is 1. The van der Waals surface area contributed by atoms with E-state index in [9.17, 15) is 43.4 Å². The molecule has 0 radical (unpaired) electrons. The summed E-state index contributed by atoms with van der Waals surface area (Å²) >= 11 is 0.797. The molecule has 3 fully saturated rings. The van der Waals surface area contributed by atoms with Gasteiger partial charge in [-0.1, -0.05) is 150 Å². The van der Waals surface area contributed by atoms with Gasteiger partial charge in [-0.25, -0.2) is 4.39 Å². The van der Waals surface area contributed by atoms with Gasteiger partial charge in [-0.15, -0.1) is 11.8 Å². The lowest BCUT2D eigenvalue weighted by Gasteiger charge is -2.38. The quantitative estimate of drug-likeness (QED) is 0.0437. The molecule has 0 saturated carbocycles. The molecule has 3 saturated heterocycles. The van der Waals surface area contributed by atoms with Crippen LogP contribution >= 0.6 is 11.8 Å². The maximum Gasteiger partial charge on any atom is 0.305 e. The van der Waals surface area contributed by atoms with Crippen molar-refractivity contribution in [1.82, 2.24) is 77.3 Å². The number of aryl methyl sites for hydroxylation is 1. The number of H-pyrrole nitrogens is 1. The van der Waals surface area contributed by atoms with Crippen molar-refractivity contribution in [3.05, 3.63) is 173 Å². The second kappa shape index (κ2) is 48.0. The number of phenolic OH excluding ortho intramolecular Hbond substituents is 1. The number of carboxylic acids is 1. The van der Waals surface area contributed by atoms with Crippen LogP contribution in [0.4, 0.5) is 4.39 Å². The number of para-hydroxylation sites is 1. The van der Waals surface area contributed by atoms with Crippen molar-refractivity contribution in [3.63, 3.8) is 0 Å². The third-order valence-electron chi connectivity index (χ3n) is 23.6. The summed E-state index contributed by atoms with van der Waals surface area (Å²) < 4.78 is 14.6. The first-order valence-corrected chi connectivity index (χ1v) is 45.1. The minimum absolute atomic E-state index is 0.0149. The summed E-state index contributed by atoms with van der Waals surface area (Å²) in [6, 6.07) is 14.1. The predicted molar refractivity (Wildman–Crippen MR) is 483 cm³/mol. The van der Waals surface area contributed by atoms with Crippen molar-refractivity contribution in [2.45, 2.75) is 216 Å². The molecule has 0 bridgehead atoms. The summed E-state index contributed by atoms with van der Waals surface area (Å²) in [7, 11) is 4.03. The Morgan fingerprint density at radius 2 is 1.05 bits per heavy atom. The van der Waals surface area contributed by atoms with Gasteiger partial charge in [-0.2, -0.15) is 0 Å². The molecule has 15 amide bonds. The molecule has 0 spiro atoms. The first kappa shape index (κ1) is 101. The zero-order chi connectivity index (χ0) is 94.7. The van der Waals surface area contributed by atoms with Crippen molar-refractivity contribution in [1.29, 1.82) is 0 Å². The number of hydrogen-bond donors (Lipinski definition) is 14. The van der Waals surface area contributed by atoms with E-state index in [1.807, 2.05) is 13.8 Å². The van der Waals surface area contributed by atoms with Gasteiger partial charge in [0, 0.05) is 89.2 Å². The molecule has 16 N–H and O–H groups in total. The summed E-state index contributed by atoms with van der Waals surface area (Å²) in [6.07, 6.45) is 0.663.